The Hall–Kier alpha value is -0.540. The number of carbonyl (C=O) groups excluding carboxylic acids is 1. The van der Waals surface area contributed by atoms with Crippen LogP contribution < -0.4 is 5.32 Å². The van der Waals surface area contributed by atoms with Crippen LogP contribution in [-0.4, -0.2) is 17.3 Å². The smallest absolute Gasteiger partial charge is 0.252 e. The van der Waals surface area contributed by atoms with Crippen molar-refractivity contribution in [3.8, 4) is 0 Å². The zero-order valence-electron chi connectivity index (χ0n) is 9.60. The number of rotatable bonds is 3. The topological polar surface area (TPSA) is 29.1 Å². The summed E-state index contributed by atoms with van der Waals surface area (Å²) in [5.74, 6) is 0.288. The van der Waals surface area contributed by atoms with Gasteiger partial charge in [0.1, 0.15) is 0 Å². The number of halogens is 2. The van der Waals surface area contributed by atoms with Crippen LogP contribution in [0.15, 0.2) is 22.7 Å². The molecule has 0 saturated heterocycles. The summed E-state index contributed by atoms with van der Waals surface area (Å²) in [4.78, 5) is 12.0. The summed E-state index contributed by atoms with van der Waals surface area (Å²) in [6.07, 6.45) is 0. The highest BCUT2D eigenvalue weighted by Gasteiger charge is 2.20. The lowest BCUT2D eigenvalue weighted by molar-refractivity contribution is 0.0920. The van der Waals surface area contributed by atoms with Crippen LogP contribution in [0, 0.1) is 6.92 Å². The SMILES string of the molecule is Cc1ccc(Br)cc1C(=O)NC(C)(C)CCl. The number of amides is 1. The first-order valence-corrected chi connectivity index (χ1v) is 6.33. The highest BCUT2D eigenvalue weighted by molar-refractivity contribution is 9.10. The zero-order chi connectivity index (χ0) is 12.3. The van der Waals surface area contributed by atoms with Gasteiger partial charge in [-0.25, -0.2) is 0 Å². The van der Waals surface area contributed by atoms with E-state index in [0.717, 1.165) is 10.0 Å². The van der Waals surface area contributed by atoms with Gasteiger partial charge in [-0.1, -0.05) is 22.0 Å². The van der Waals surface area contributed by atoms with E-state index in [1.807, 2.05) is 39.0 Å². The highest BCUT2D eigenvalue weighted by Crippen LogP contribution is 2.17. The van der Waals surface area contributed by atoms with Gasteiger partial charge in [-0.2, -0.15) is 0 Å². The Kier molecular flexibility index (Phi) is 4.39. The maximum atomic E-state index is 12.0. The molecule has 0 atom stereocenters. The van der Waals surface area contributed by atoms with Gasteiger partial charge in [-0.3, -0.25) is 4.79 Å². The minimum Gasteiger partial charge on any atom is -0.346 e. The van der Waals surface area contributed by atoms with Crippen molar-refractivity contribution >= 4 is 33.4 Å². The van der Waals surface area contributed by atoms with Crippen LogP contribution in [0.2, 0.25) is 0 Å². The van der Waals surface area contributed by atoms with Crippen LogP contribution in [0.3, 0.4) is 0 Å². The fraction of sp³-hybridized carbons (Fsp3) is 0.417. The number of aryl methyl sites for hydroxylation is 1. The molecule has 0 aromatic heterocycles. The summed E-state index contributed by atoms with van der Waals surface area (Å²) in [6.45, 7) is 5.70. The molecule has 0 aliphatic carbocycles. The molecule has 0 heterocycles. The van der Waals surface area contributed by atoms with E-state index in [2.05, 4.69) is 21.2 Å². The average Bonchev–Trinajstić information content (AvgIpc) is 2.21. The van der Waals surface area contributed by atoms with Crippen molar-refractivity contribution in [3.05, 3.63) is 33.8 Å². The van der Waals surface area contributed by atoms with E-state index in [9.17, 15) is 4.79 Å². The Balaban J connectivity index is 2.93. The number of hydrogen-bond acceptors (Lipinski definition) is 1. The standard InChI is InChI=1S/C12H15BrClNO/c1-8-4-5-9(13)6-10(8)11(16)15-12(2,3)7-14/h4-6H,7H2,1-3H3,(H,15,16). The Morgan fingerprint density at radius 3 is 2.69 bits per heavy atom. The van der Waals surface area contributed by atoms with Crippen LogP contribution in [0.5, 0.6) is 0 Å². The van der Waals surface area contributed by atoms with Crippen molar-refractivity contribution in [3.63, 3.8) is 0 Å². The molecule has 0 aliphatic heterocycles. The highest BCUT2D eigenvalue weighted by atomic mass is 79.9. The van der Waals surface area contributed by atoms with Crippen molar-refractivity contribution in [2.75, 3.05) is 5.88 Å². The Labute approximate surface area is 110 Å². The van der Waals surface area contributed by atoms with Crippen LogP contribution in [0.25, 0.3) is 0 Å². The van der Waals surface area contributed by atoms with Crippen molar-refractivity contribution in [2.24, 2.45) is 0 Å². The summed E-state index contributed by atoms with van der Waals surface area (Å²) in [5.41, 5.74) is 1.23. The largest absolute Gasteiger partial charge is 0.346 e. The van der Waals surface area contributed by atoms with Gasteiger partial charge in [0.2, 0.25) is 0 Å². The van der Waals surface area contributed by atoms with Crippen LogP contribution in [-0.2, 0) is 0 Å². The molecular weight excluding hydrogens is 289 g/mol. The molecule has 0 spiro atoms. The van der Waals surface area contributed by atoms with E-state index >= 15 is 0 Å². The fourth-order valence-corrected chi connectivity index (χ4v) is 1.67. The summed E-state index contributed by atoms with van der Waals surface area (Å²) in [7, 11) is 0. The first kappa shape index (κ1) is 13.5. The second-order valence-corrected chi connectivity index (χ2v) is 5.61. The number of hydrogen-bond donors (Lipinski definition) is 1. The fourth-order valence-electron chi connectivity index (χ4n) is 1.25. The molecule has 1 rings (SSSR count). The molecular formula is C12H15BrClNO. The van der Waals surface area contributed by atoms with E-state index in [1.54, 1.807) is 0 Å². The lowest BCUT2D eigenvalue weighted by Crippen LogP contribution is -2.45. The molecule has 4 heteroatoms. The number of carbonyl (C=O) groups is 1. The second kappa shape index (κ2) is 5.19. The van der Waals surface area contributed by atoms with E-state index in [-0.39, 0.29) is 5.91 Å². The minimum absolute atomic E-state index is 0.0931. The summed E-state index contributed by atoms with van der Waals surface area (Å²) < 4.78 is 0.895. The first-order valence-electron chi connectivity index (χ1n) is 5.00. The molecule has 88 valence electrons. The Bertz CT molecular complexity index is 404. The van der Waals surface area contributed by atoms with Gasteiger partial charge in [0.15, 0.2) is 0 Å². The van der Waals surface area contributed by atoms with Gasteiger partial charge in [0.05, 0.1) is 0 Å². The molecule has 0 fully saturated rings. The third-order valence-electron chi connectivity index (χ3n) is 2.23. The van der Waals surface area contributed by atoms with Crippen molar-refractivity contribution in [1.29, 1.82) is 0 Å². The van der Waals surface area contributed by atoms with Crippen LogP contribution >= 0.6 is 27.5 Å². The molecule has 1 aromatic carbocycles. The Morgan fingerprint density at radius 1 is 1.50 bits per heavy atom. The molecule has 16 heavy (non-hydrogen) atoms. The molecule has 2 nitrogen and oxygen atoms in total. The second-order valence-electron chi connectivity index (χ2n) is 4.43. The predicted molar refractivity (Wildman–Crippen MR) is 71.1 cm³/mol. The molecule has 0 saturated carbocycles. The van der Waals surface area contributed by atoms with Gasteiger partial charge in [-0.05, 0) is 38.5 Å². The predicted octanol–water partition coefficient (Wildman–Crippen LogP) is 3.50. The maximum Gasteiger partial charge on any atom is 0.252 e. The molecule has 1 N–H and O–H groups in total. The quantitative estimate of drug-likeness (QED) is 0.851. The Morgan fingerprint density at radius 2 is 2.12 bits per heavy atom. The average molecular weight is 305 g/mol. The molecule has 0 aliphatic rings. The minimum atomic E-state index is -0.395. The molecule has 0 bridgehead atoms. The monoisotopic (exact) mass is 303 g/mol. The van der Waals surface area contributed by atoms with E-state index in [1.165, 1.54) is 0 Å². The van der Waals surface area contributed by atoms with Gasteiger partial charge in [0, 0.05) is 21.5 Å². The van der Waals surface area contributed by atoms with Gasteiger partial charge in [0.25, 0.3) is 5.91 Å². The number of alkyl halides is 1. The molecule has 0 radical (unpaired) electrons. The third kappa shape index (κ3) is 3.49. The van der Waals surface area contributed by atoms with E-state index in [4.69, 9.17) is 11.6 Å². The maximum absolute atomic E-state index is 12.0. The van der Waals surface area contributed by atoms with Crippen molar-refractivity contribution < 1.29 is 4.79 Å². The summed E-state index contributed by atoms with van der Waals surface area (Å²) in [5, 5.41) is 2.90. The lowest BCUT2D eigenvalue weighted by atomic mass is 10.0. The van der Waals surface area contributed by atoms with Crippen LogP contribution in [0.4, 0.5) is 0 Å². The van der Waals surface area contributed by atoms with Crippen LogP contribution in [0.1, 0.15) is 29.8 Å². The summed E-state index contributed by atoms with van der Waals surface area (Å²) >= 11 is 9.13. The number of nitrogens with one attached hydrogen (secondary N) is 1. The molecule has 1 amide bonds. The van der Waals surface area contributed by atoms with Gasteiger partial charge < -0.3 is 5.32 Å². The normalized spacial score (nSPS) is 11.3. The third-order valence-corrected chi connectivity index (χ3v) is 3.39. The van der Waals surface area contributed by atoms with Gasteiger partial charge >= 0.3 is 0 Å². The number of benzene rings is 1. The molecule has 1 aromatic rings. The van der Waals surface area contributed by atoms with Gasteiger partial charge in [-0.15, -0.1) is 11.6 Å². The summed E-state index contributed by atoms with van der Waals surface area (Å²) in [6, 6.07) is 5.64. The van der Waals surface area contributed by atoms with E-state index in [0.29, 0.717) is 11.4 Å². The first-order chi connectivity index (χ1) is 7.35. The van der Waals surface area contributed by atoms with Crippen molar-refractivity contribution in [1.82, 2.24) is 5.32 Å². The lowest BCUT2D eigenvalue weighted by Gasteiger charge is -2.23. The van der Waals surface area contributed by atoms with E-state index < -0.39 is 5.54 Å². The zero-order valence-corrected chi connectivity index (χ0v) is 11.9. The molecule has 0 unspecified atom stereocenters. The van der Waals surface area contributed by atoms with Crippen molar-refractivity contribution in [2.45, 2.75) is 26.3 Å².